The smallest absolute Gasteiger partial charge is 0.188 e. The van der Waals surface area contributed by atoms with Gasteiger partial charge < -0.3 is 16.0 Å². The number of hydrogen-bond acceptors (Lipinski definition) is 2. The van der Waals surface area contributed by atoms with Crippen LogP contribution >= 0.6 is 0 Å². The number of nitrogens with two attached hydrogens (primary N) is 1. The molecular weight excluding hydrogens is 224 g/mol. The van der Waals surface area contributed by atoms with Gasteiger partial charge in [0, 0.05) is 26.3 Å². The van der Waals surface area contributed by atoms with Gasteiger partial charge in [-0.2, -0.15) is 0 Å². The van der Waals surface area contributed by atoms with Crippen molar-refractivity contribution in [2.24, 2.45) is 10.7 Å². The molecule has 1 aromatic carbocycles. The third-order valence-corrected chi connectivity index (χ3v) is 2.70. The van der Waals surface area contributed by atoms with E-state index in [0.717, 1.165) is 13.0 Å². The predicted octanol–water partition coefficient (Wildman–Crippen LogP) is 1.88. The molecule has 0 aliphatic carbocycles. The van der Waals surface area contributed by atoms with Gasteiger partial charge in [-0.1, -0.05) is 19.1 Å². The Balaban J connectivity index is 2.78. The highest BCUT2D eigenvalue weighted by Gasteiger charge is 2.04. The molecule has 1 rings (SSSR count). The third kappa shape index (κ3) is 4.28. The molecule has 0 heterocycles. The van der Waals surface area contributed by atoms with Crippen LogP contribution in [0.3, 0.4) is 0 Å². The third-order valence-electron chi connectivity index (χ3n) is 2.70. The van der Waals surface area contributed by atoms with E-state index < -0.39 is 0 Å². The van der Waals surface area contributed by atoms with Crippen LogP contribution in [-0.4, -0.2) is 26.6 Å². The summed E-state index contributed by atoms with van der Waals surface area (Å²) in [5, 5.41) is 3.08. The van der Waals surface area contributed by atoms with Gasteiger partial charge in [-0.15, -0.1) is 0 Å². The molecule has 1 aromatic rings. The molecule has 18 heavy (non-hydrogen) atoms. The highest BCUT2D eigenvalue weighted by atomic mass is 15.1. The van der Waals surface area contributed by atoms with Crippen LogP contribution in [0.4, 0.5) is 5.69 Å². The molecule has 0 aliphatic rings. The SMILES string of the molecule is CCCNC(N)=NCc1ccc(C)cc1N(C)C. The summed E-state index contributed by atoms with van der Waals surface area (Å²) in [7, 11) is 4.08. The first-order valence-corrected chi connectivity index (χ1v) is 6.35. The molecule has 0 saturated carbocycles. The molecule has 0 aromatic heterocycles. The lowest BCUT2D eigenvalue weighted by Crippen LogP contribution is -2.32. The van der Waals surface area contributed by atoms with E-state index in [0.29, 0.717) is 12.5 Å². The number of nitrogens with one attached hydrogen (secondary N) is 1. The topological polar surface area (TPSA) is 53.6 Å². The minimum Gasteiger partial charge on any atom is -0.377 e. The first-order chi connectivity index (χ1) is 8.54. The first-order valence-electron chi connectivity index (χ1n) is 6.35. The Kier molecular flexibility index (Phi) is 5.49. The van der Waals surface area contributed by atoms with Gasteiger partial charge in [-0.05, 0) is 30.5 Å². The predicted molar refractivity (Wildman–Crippen MR) is 79.1 cm³/mol. The number of rotatable bonds is 5. The summed E-state index contributed by atoms with van der Waals surface area (Å²) in [5.41, 5.74) is 9.43. The van der Waals surface area contributed by atoms with Crippen molar-refractivity contribution in [3.05, 3.63) is 29.3 Å². The highest BCUT2D eigenvalue weighted by molar-refractivity contribution is 5.77. The molecule has 0 aliphatic heterocycles. The maximum absolute atomic E-state index is 5.79. The van der Waals surface area contributed by atoms with Gasteiger partial charge in [0.2, 0.25) is 0 Å². The van der Waals surface area contributed by atoms with Crippen molar-refractivity contribution >= 4 is 11.6 Å². The van der Waals surface area contributed by atoms with Crippen molar-refractivity contribution in [3.63, 3.8) is 0 Å². The van der Waals surface area contributed by atoms with Crippen molar-refractivity contribution in [2.45, 2.75) is 26.8 Å². The van der Waals surface area contributed by atoms with E-state index in [9.17, 15) is 0 Å². The second-order valence-electron chi connectivity index (χ2n) is 4.65. The van der Waals surface area contributed by atoms with Gasteiger partial charge in [0.15, 0.2) is 5.96 Å². The van der Waals surface area contributed by atoms with Crippen LogP contribution in [0.2, 0.25) is 0 Å². The van der Waals surface area contributed by atoms with E-state index >= 15 is 0 Å². The molecular formula is C14H24N4. The lowest BCUT2D eigenvalue weighted by Gasteiger charge is -2.17. The zero-order valence-electron chi connectivity index (χ0n) is 11.8. The molecule has 0 spiro atoms. The van der Waals surface area contributed by atoms with Gasteiger partial charge in [0.1, 0.15) is 0 Å². The van der Waals surface area contributed by atoms with Crippen LogP contribution < -0.4 is 16.0 Å². The summed E-state index contributed by atoms with van der Waals surface area (Å²) in [4.78, 5) is 6.47. The largest absolute Gasteiger partial charge is 0.377 e. The molecule has 3 N–H and O–H groups in total. The minimum absolute atomic E-state index is 0.516. The van der Waals surface area contributed by atoms with Gasteiger partial charge in [-0.3, -0.25) is 0 Å². The molecule has 0 fully saturated rings. The van der Waals surface area contributed by atoms with Crippen molar-refractivity contribution in [1.82, 2.24) is 5.32 Å². The summed E-state index contributed by atoms with van der Waals surface area (Å²) in [5.74, 6) is 0.516. The van der Waals surface area contributed by atoms with E-state index in [1.54, 1.807) is 0 Å². The molecule has 0 atom stereocenters. The van der Waals surface area contributed by atoms with Crippen molar-refractivity contribution in [3.8, 4) is 0 Å². The Bertz CT molecular complexity index is 410. The zero-order chi connectivity index (χ0) is 13.5. The number of nitrogens with zero attached hydrogens (tertiary/aromatic N) is 2. The molecule has 4 nitrogen and oxygen atoms in total. The maximum atomic E-state index is 5.79. The molecule has 100 valence electrons. The quantitative estimate of drug-likeness (QED) is 0.618. The average Bonchev–Trinajstić information content (AvgIpc) is 2.34. The second kappa shape index (κ2) is 6.89. The highest BCUT2D eigenvalue weighted by Crippen LogP contribution is 2.20. The van der Waals surface area contributed by atoms with Crippen LogP contribution in [0, 0.1) is 6.92 Å². The number of benzene rings is 1. The van der Waals surface area contributed by atoms with Gasteiger partial charge in [-0.25, -0.2) is 4.99 Å². The Hall–Kier alpha value is -1.71. The second-order valence-corrected chi connectivity index (χ2v) is 4.65. The van der Waals surface area contributed by atoms with Crippen LogP contribution in [0.25, 0.3) is 0 Å². The van der Waals surface area contributed by atoms with E-state index in [-0.39, 0.29) is 0 Å². The molecule has 0 saturated heterocycles. The van der Waals surface area contributed by atoms with Crippen LogP contribution in [0.15, 0.2) is 23.2 Å². The van der Waals surface area contributed by atoms with Crippen LogP contribution in [0.5, 0.6) is 0 Å². The number of aliphatic imine (C=N–C) groups is 1. The number of guanidine groups is 1. The summed E-state index contributed by atoms with van der Waals surface area (Å²) in [6.07, 6.45) is 1.05. The Morgan fingerprint density at radius 1 is 1.39 bits per heavy atom. The number of aryl methyl sites for hydroxylation is 1. The van der Waals surface area contributed by atoms with Crippen LogP contribution in [0.1, 0.15) is 24.5 Å². The minimum atomic E-state index is 0.516. The lowest BCUT2D eigenvalue weighted by molar-refractivity contribution is 0.825. The Morgan fingerprint density at radius 2 is 2.11 bits per heavy atom. The molecule has 0 radical (unpaired) electrons. The van der Waals surface area contributed by atoms with Crippen molar-refractivity contribution in [1.29, 1.82) is 0 Å². The standard InChI is InChI=1S/C14H24N4/c1-5-8-16-14(15)17-10-12-7-6-11(2)9-13(12)18(3)4/h6-7,9H,5,8,10H2,1-4H3,(H3,15,16,17). The summed E-state index contributed by atoms with van der Waals surface area (Å²) in [6.45, 7) is 5.67. The van der Waals surface area contributed by atoms with Gasteiger partial charge >= 0.3 is 0 Å². The molecule has 4 heteroatoms. The Labute approximate surface area is 110 Å². The van der Waals surface area contributed by atoms with Gasteiger partial charge in [0.25, 0.3) is 0 Å². The van der Waals surface area contributed by atoms with Crippen LogP contribution in [-0.2, 0) is 6.54 Å². The molecule has 0 amide bonds. The maximum Gasteiger partial charge on any atom is 0.188 e. The fraction of sp³-hybridized carbons (Fsp3) is 0.500. The van der Waals surface area contributed by atoms with E-state index in [2.05, 4.69) is 47.3 Å². The summed E-state index contributed by atoms with van der Waals surface area (Å²) < 4.78 is 0. The first kappa shape index (κ1) is 14.4. The van der Waals surface area contributed by atoms with E-state index in [1.165, 1.54) is 16.8 Å². The summed E-state index contributed by atoms with van der Waals surface area (Å²) in [6, 6.07) is 6.38. The molecule has 0 bridgehead atoms. The number of anilines is 1. The lowest BCUT2D eigenvalue weighted by atomic mass is 10.1. The number of hydrogen-bond donors (Lipinski definition) is 2. The van der Waals surface area contributed by atoms with E-state index in [4.69, 9.17) is 5.73 Å². The van der Waals surface area contributed by atoms with Crippen molar-refractivity contribution < 1.29 is 0 Å². The van der Waals surface area contributed by atoms with Crippen molar-refractivity contribution in [2.75, 3.05) is 25.5 Å². The van der Waals surface area contributed by atoms with E-state index in [1.807, 2.05) is 14.1 Å². The monoisotopic (exact) mass is 248 g/mol. The average molecular weight is 248 g/mol. The molecule has 0 unspecified atom stereocenters. The summed E-state index contributed by atoms with van der Waals surface area (Å²) >= 11 is 0. The fourth-order valence-electron chi connectivity index (χ4n) is 1.70. The zero-order valence-corrected chi connectivity index (χ0v) is 11.8. The normalized spacial score (nSPS) is 11.4. The fourth-order valence-corrected chi connectivity index (χ4v) is 1.70. The Morgan fingerprint density at radius 3 is 2.72 bits per heavy atom. The van der Waals surface area contributed by atoms with Gasteiger partial charge in [0.05, 0.1) is 6.54 Å².